The molecule has 6 heteroatoms. The van der Waals surface area contributed by atoms with Crippen molar-refractivity contribution in [2.24, 2.45) is 0 Å². The lowest BCUT2D eigenvalue weighted by atomic mass is 10.1. The van der Waals surface area contributed by atoms with Gasteiger partial charge < -0.3 is 10.2 Å². The number of hydrogen-bond donors (Lipinski definition) is 2. The Morgan fingerprint density at radius 2 is 1.82 bits per heavy atom. The molecule has 0 fully saturated rings. The molecule has 1 rings (SSSR count). The Kier molecular flexibility index (Phi) is 4.94. The number of benzene rings is 1. The van der Waals surface area contributed by atoms with Gasteiger partial charge in [-0.25, -0.2) is 8.42 Å². The fourth-order valence-electron chi connectivity index (χ4n) is 1.50. The summed E-state index contributed by atoms with van der Waals surface area (Å²) >= 11 is 5.70. The molecule has 0 bridgehead atoms. The zero-order valence-corrected chi connectivity index (χ0v) is 10.9. The van der Waals surface area contributed by atoms with Crippen molar-refractivity contribution >= 4 is 21.4 Å². The van der Waals surface area contributed by atoms with Gasteiger partial charge in [-0.15, -0.1) is 0 Å². The van der Waals surface area contributed by atoms with Crippen LogP contribution in [0.4, 0.5) is 0 Å². The minimum Gasteiger partial charge on any atom is -0.395 e. The molecule has 96 valence electrons. The second-order valence-electron chi connectivity index (χ2n) is 3.67. The highest BCUT2D eigenvalue weighted by Gasteiger charge is 2.31. The Hall–Kier alpha value is -0.620. The molecule has 0 unspecified atom stereocenters. The Morgan fingerprint density at radius 1 is 1.29 bits per heavy atom. The number of sulfone groups is 1. The van der Waals surface area contributed by atoms with Crippen LogP contribution in [0.1, 0.15) is 18.6 Å². The minimum atomic E-state index is -3.50. The molecule has 0 aliphatic carbocycles. The van der Waals surface area contributed by atoms with E-state index in [1.54, 1.807) is 24.3 Å². The van der Waals surface area contributed by atoms with Crippen LogP contribution in [0.15, 0.2) is 24.3 Å². The van der Waals surface area contributed by atoms with Crippen molar-refractivity contribution in [3.05, 3.63) is 34.9 Å². The van der Waals surface area contributed by atoms with Crippen molar-refractivity contribution in [1.29, 1.82) is 0 Å². The van der Waals surface area contributed by atoms with Gasteiger partial charge in [0.25, 0.3) is 0 Å². The van der Waals surface area contributed by atoms with Gasteiger partial charge in [0.15, 0.2) is 9.84 Å². The van der Waals surface area contributed by atoms with E-state index < -0.39 is 27.8 Å². The Balaban J connectivity index is 3.02. The predicted octanol–water partition coefficient (Wildman–Crippen LogP) is 1.17. The van der Waals surface area contributed by atoms with Crippen LogP contribution in [0.5, 0.6) is 0 Å². The summed E-state index contributed by atoms with van der Waals surface area (Å²) in [5, 5.41) is 18.4. The van der Waals surface area contributed by atoms with Crippen LogP contribution in [0.2, 0.25) is 5.02 Å². The second-order valence-corrected chi connectivity index (χ2v) is 6.61. The fourth-order valence-corrected chi connectivity index (χ4v) is 2.83. The van der Waals surface area contributed by atoms with Gasteiger partial charge in [0.2, 0.25) is 0 Å². The summed E-state index contributed by atoms with van der Waals surface area (Å²) in [6.45, 7) is 0.868. The molecule has 17 heavy (non-hydrogen) atoms. The first-order valence-electron chi connectivity index (χ1n) is 5.18. The van der Waals surface area contributed by atoms with Crippen LogP contribution in [-0.4, -0.2) is 36.2 Å². The van der Waals surface area contributed by atoms with Gasteiger partial charge >= 0.3 is 0 Å². The number of halogens is 1. The maximum atomic E-state index is 11.7. The van der Waals surface area contributed by atoms with Crippen molar-refractivity contribution in [2.45, 2.75) is 18.3 Å². The molecule has 0 aliphatic rings. The topological polar surface area (TPSA) is 74.6 Å². The smallest absolute Gasteiger partial charge is 0.158 e. The van der Waals surface area contributed by atoms with Crippen LogP contribution >= 0.6 is 11.6 Å². The number of aliphatic hydroxyl groups excluding tert-OH is 2. The highest BCUT2D eigenvalue weighted by molar-refractivity contribution is 7.92. The molecule has 2 N–H and O–H groups in total. The van der Waals surface area contributed by atoms with Gasteiger partial charge in [-0.05, 0) is 17.7 Å². The molecule has 0 aliphatic heterocycles. The van der Waals surface area contributed by atoms with E-state index >= 15 is 0 Å². The Bertz CT molecular complexity index is 455. The fraction of sp³-hybridized carbons (Fsp3) is 0.455. The normalized spacial score (nSPS) is 15.5. The number of rotatable bonds is 5. The zero-order valence-electron chi connectivity index (χ0n) is 9.38. The molecular formula is C11H15ClO4S. The average molecular weight is 279 g/mol. The van der Waals surface area contributed by atoms with Crippen molar-refractivity contribution in [3.8, 4) is 0 Å². The predicted molar refractivity (Wildman–Crippen MR) is 66.7 cm³/mol. The molecule has 0 saturated carbocycles. The summed E-state index contributed by atoms with van der Waals surface area (Å²) in [5.41, 5.74) is 0.422. The van der Waals surface area contributed by atoms with Crippen LogP contribution in [0.25, 0.3) is 0 Å². The van der Waals surface area contributed by atoms with E-state index in [2.05, 4.69) is 0 Å². The summed E-state index contributed by atoms with van der Waals surface area (Å²) in [4.78, 5) is 0. The van der Waals surface area contributed by atoms with Gasteiger partial charge in [0, 0.05) is 10.8 Å². The van der Waals surface area contributed by atoms with E-state index in [1.807, 2.05) is 0 Å². The zero-order chi connectivity index (χ0) is 13.1. The van der Waals surface area contributed by atoms with Crippen molar-refractivity contribution in [2.75, 3.05) is 12.4 Å². The molecule has 0 spiro atoms. The van der Waals surface area contributed by atoms with Gasteiger partial charge in [0.1, 0.15) is 5.25 Å². The van der Waals surface area contributed by atoms with Crippen LogP contribution in [0.3, 0.4) is 0 Å². The molecule has 0 aromatic heterocycles. The van der Waals surface area contributed by atoms with E-state index in [-0.39, 0.29) is 5.75 Å². The first-order valence-corrected chi connectivity index (χ1v) is 7.27. The molecule has 0 radical (unpaired) electrons. The average Bonchev–Trinajstić information content (AvgIpc) is 2.30. The molecule has 0 heterocycles. The van der Waals surface area contributed by atoms with Gasteiger partial charge in [0.05, 0.1) is 12.7 Å². The largest absolute Gasteiger partial charge is 0.395 e. The summed E-state index contributed by atoms with van der Waals surface area (Å²) < 4.78 is 23.3. The summed E-state index contributed by atoms with van der Waals surface area (Å²) in [7, 11) is -3.50. The van der Waals surface area contributed by atoms with Crippen LogP contribution in [0, 0.1) is 0 Å². The monoisotopic (exact) mass is 278 g/mol. The quantitative estimate of drug-likeness (QED) is 0.848. The van der Waals surface area contributed by atoms with E-state index in [1.165, 1.54) is 6.92 Å². The van der Waals surface area contributed by atoms with E-state index in [9.17, 15) is 13.5 Å². The maximum Gasteiger partial charge on any atom is 0.158 e. The summed E-state index contributed by atoms with van der Waals surface area (Å²) in [6, 6.07) is 6.21. The minimum absolute atomic E-state index is 0.122. The molecule has 1 aromatic carbocycles. The highest BCUT2D eigenvalue weighted by atomic mass is 35.5. The molecule has 1 aromatic rings. The third-order valence-corrected chi connectivity index (χ3v) is 4.99. The standard InChI is InChI=1S/C11H15ClO4S/c1-2-17(15,16)10(7-13)11(14)8-3-5-9(12)6-4-8/h3-6,10-11,13-14H,2,7H2,1H3/t10-,11-/m0/s1. The van der Waals surface area contributed by atoms with Gasteiger partial charge in [-0.2, -0.15) is 0 Å². The van der Waals surface area contributed by atoms with Crippen molar-refractivity contribution in [1.82, 2.24) is 0 Å². The molecule has 0 saturated heterocycles. The second kappa shape index (κ2) is 5.82. The van der Waals surface area contributed by atoms with Crippen LogP contribution in [-0.2, 0) is 9.84 Å². The summed E-state index contributed by atoms with van der Waals surface area (Å²) in [5.74, 6) is -0.122. The maximum absolute atomic E-state index is 11.7. The molecule has 2 atom stereocenters. The van der Waals surface area contributed by atoms with E-state index in [0.717, 1.165) is 0 Å². The molecular weight excluding hydrogens is 264 g/mol. The molecule has 0 amide bonds. The Labute approximate surface area is 106 Å². The first kappa shape index (κ1) is 14.4. The first-order chi connectivity index (χ1) is 7.92. The van der Waals surface area contributed by atoms with Crippen molar-refractivity contribution in [3.63, 3.8) is 0 Å². The van der Waals surface area contributed by atoms with Crippen molar-refractivity contribution < 1.29 is 18.6 Å². The lowest BCUT2D eigenvalue weighted by molar-refractivity contribution is 0.138. The number of hydrogen-bond acceptors (Lipinski definition) is 4. The summed E-state index contributed by atoms with van der Waals surface area (Å²) in [6.07, 6.45) is -1.25. The van der Waals surface area contributed by atoms with Gasteiger partial charge in [-0.3, -0.25) is 0 Å². The van der Waals surface area contributed by atoms with Crippen LogP contribution < -0.4 is 0 Å². The third-order valence-electron chi connectivity index (χ3n) is 2.61. The van der Waals surface area contributed by atoms with Gasteiger partial charge in [-0.1, -0.05) is 30.7 Å². The van der Waals surface area contributed by atoms with E-state index in [0.29, 0.717) is 10.6 Å². The van der Waals surface area contributed by atoms with E-state index in [4.69, 9.17) is 16.7 Å². The number of aliphatic hydroxyl groups is 2. The lowest BCUT2D eigenvalue weighted by Crippen LogP contribution is -2.33. The Morgan fingerprint density at radius 3 is 2.24 bits per heavy atom. The lowest BCUT2D eigenvalue weighted by Gasteiger charge is -2.20. The molecule has 4 nitrogen and oxygen atoms in total. The third kappa shape index (κ3) is 3.42. The SMILES string of the molecule is CCS(=O)(=O)[C@@H](CO)[C@@H](O)c1ccc(Cl)cc1. The highest BCUT2D eigenvalue weighted by Crippen LogP contribution is 2.23.